The first-order chi connectivity index (χ1) is 19.0. The van der Waals surface area contributed by atoms with Gasteiger partial charge >= 0.3 is 0 Å². The highest BCUT2D eigenvalue weighted by Crippen LogP contribution is 2.33. The SMILES string of the molecule is COc1ccc(Cl)c(Nc2nc3ccccc3nc2NS(=O)(=O)C(Cc2ccc(OC)c(C(N)=O)c2)N(C)C)c1. The number of para-hydroxylation sites is 2. The van der Waals surface area contributed by atoms with Crippen molar-refractivity contribution in [2.45, 2.75) is 11.8 Å². The fourth-order valence-electron chi connectivity index (χ4n) is 4.06. The molecule has 0 bridgehead atoms. The molecule has 0 aliphatic heterocycles. The first-order valence-corrected chi connectivity index (χ1v) is 14.0. The van der Waals surface area contributed by atoms with Crippen LogP contribution in [0, 0.1) is 0 Å². The molecule has 4 N–H and O–H groups in total. The van der Waals surface area contributed by atoms with Crippen molar-refractivity contribution in [2.24, 2.45) is 5.73 Å². The standard InChI is InChI=1S/C27H29ClN6O5S/c1-34(2)24(14-16-9-12-23(39-4)18(13-16)25(29)35)40(36,37)33-27-26(30-20-7-5-6-8-21(20)31-27)32-22-15-17(38-3)10-11-19(22)28/h5-13,15,24H,14H2,1-4H3,(H2,29,35)(H,30,32)(H,31,33). The Labute approximate surface area is 237 Å². The maximum absolute atomic E-state index is 13.8. The molecule has 1 atom stereocenters. The summed E-state index contributed by atoms with van der Waals surface area (Å²) in [4.78, 5) is 22.6. The Hall–Kier alpha value is -4.13. The lowest BCUT2D eigenvalue weighted by atomic mass is 10.1. The summed E-state index contributed by atoms with van der Waals surface area (Å²) in [6.45, 7) is 0. The molecule has 11 nitrogen and oxygen atoms in total. The van der Waals surface area contributed by atoms with Gasteiger partial charge < -0.3 is 20.5 Å². The zero-order chi connectivity index (χ0) is 29.0. The molecule has 1 aromatic heterocycles. The quantitative estimate of drug-likeness (QED) is 0.238. The number of carbonyl (C=O) groups is 1. The minimum atomic E-state index is -4.10. The van der Waals surface area contributed by atoms with Crippen molar-refractivity contribution in [2.75, 3.05) is 38.4 Å². The number of methoxy groups -OCH3 is 2. The Balaban J connectivity index is 1.73. The Morgan fingerprint density at radius 3 is 2.27 bits per heavy atom. The fraction of sp³-hybridized carbons (Fsp3) is 0.222. The molecule has 4 rings (SSSR count). The number of nitrogens with two attached hydrogens (primary N) is 1. The molecule has 1 heterocycles. The number of hydrogen-bond acceptors (Lipinski definition) is 9. The van der Waals surface area contributed by atoms with E-state index in [2.05, 4.69) is 20.0 Å². The van der Waals surface area contributed by atoms with Gasteiger partial charge in [0.1, 0.15) is 16.9 Å². The molecule has 0 aliphatic rings. The summed E-state index contributed by atoms with van der Waals surface area (Å²) in [6.07, 6.45) is 0.0398. The van der Waals surface area contributed by atoms with Crippen molar-refractivity contribution < 1.29 is 22.7 Å². The van der Waals surface area contributed by atoms with E-state index in [0.29, 0.717) is 38.8 Å². The third kappa shape index (κ3) is 6.36. The number of carbonyl (C=O) groups excluding carboxylic acids is 1. The highest BCUT2D eigenvalue weighted by atomic mass is 35.5. The zero-order valence-corrected chi connectivity index (χ0v) is 23.9. The largest absolute Gasteiger partial charge is 0.497 e. The molecule has 3 aromatic carbocycles. The van der Waals surface area contributed by atoms with E-state index in [1.165, 1.54) is 20.3 Å². The average Bonchev–Trinajstić information content (AvgIpc) is 2.92. The molecule has 0 spiro atoms. The van der Waals surface area contributed by atoms with Crippen LogP contribution in [0.25, 0.3) is 11.0 Å². The molecule has 13 heteroatoms. The number of rotatable bonds is 11. The number of amides is 1. The molecule has 0 saturated carbocycles. The van der Waals surface area contributed by atoms with E-state index >= 15 is 0 Å². The van der Waals surface area contributed by atoms with Crippen LogP contribution in [0.2, 0.25) is 5.02 Å². The van der Waals surface area contributed by atoms with Crippen molar-refractivity contribution in [3.8, 4) is 11.5 Å². The van der Waals surface area contributed by atoms with Crippen molar-refractivity contribution >= 4 is 55.9 Å². The van der Waals surface area contributed by atoms with Crippen LogP contribution in [-0.4, -0.2) is 62.9 Å². The molecule has 0 saturated heterocycles. The smallest absolute Gasteiger partial charge is 0.252 e. The number of aromatic nitrogens is 2. The summed E-state index contributed by atoms with van der Waals surface area (Å²) in [5.41, 5.74) is 7.72. The van der Waals surface area contributed by atoms with E-state index in [9.17, 15) is 13.2 Å². The lowest BCUT2D eigenvalue weighted by molar-refractivity contribution is 0.0997. The highest BCUT2D eigenvalue weighted by molar-refractivity contribution is 7.93. The van der Waals surface area contributed by atoms with E-state index in [1.807, 2.05) is 0 Å². The molecule has 1 unspecified atom stereocenters. The van der Waals surface area contributed by atoms with Crippen molar-refractivity contribution in [3.05, 3.63) is 76.8 Å². The number of sulfonamides is 1. The molecular weight excluding hydrogens is 556 g/mol. The Kier molecular flexibility index (Phi) is 8.62. The van der Waals surface area contributed by atoms with Crippen LogP contribution < -0.4 is 25.2 Å². The Morgan fingerprint density at radius 1 is 1.00 bits per heavy atom. The molecule has 0 radical (unpaired) electrons. The number of ether oxygens (including phenoxy) is 2. The molecule has 4 aromatic rings. The summed E-state index contributed by atoms with van der Waals surface area (Å²) in [5.74, 6) is 0.300. The number of benzene rings is 3. The Morgan fingerprint density at radius 2 is 1.68 bits per heavy atom. The van der Waals surface area contributed by atoms with E-state index in [1.54, 1.807) is 73.6 Å². The Bertz CT molecular complexity index is 1670. The van der Waals surface area contributed by atoms with Crippen LogP contribution in [0.3, 0.4) is 0 Å². The number of nitrogens with one attached hydrogen (secondary N) is 2. The predicted molar refractivity (Wildman–Crippen MR) is 156 cm³/mol. The summed E-state index contributed by atoms with van der Waals surface area (Å²) in [5, 5.41) is 2.41. The molecule has 40 heavy (non-hydrogen) atoms. The maximum atomic E-state index is 13.8. The van der Waals surface area contributed by atoms with Gasteiger partial charge in [-0.2, -0.15) is 0 Å². The zero-order valence-electron chi connectivity index (χ0n) is 22.3. The third-order valence-electron chi connectivity index (χ3n) is 6.11. The second-order valence-electron chi connectivity index (χ2n) is 9.05. The number of anilines is 3. The first-order valence-electron chi connectivity index (χ1n) is 12.0. The van der Waals surface area contributed by atoms with Crippen LogP contribution in [0.5, 0.6) is 11.5 Å². The van der Waals surface area contributed by atoms with Gasteiger partial charge in [-0.05, 0) is 56.1 Å². The van der Waals surface area contributed by atoms with Gasteiger partial charge in [0.05, 0.1) is 41.5 Å². The van der Waals surface area contributed by atoms with Crippen molar-refractivity contribution in [1.82, 2.24) is 14.9 Å². The third-order valence-corrected chi connectivity index (χ3v) is 8.22. The van der Waals surface area contributed by atoms with Gasteiger partial charge in [-0.1, -0.05) is 29.8 Å². The second-order valence-corrected chi connectivity index (χ2v) is 11.3. The summed E-state index contributed by atoms with van der Waals surface area (Å²) in [6, 6.07) is 16.9. The van der Waals surface area contributed by atoms with Gasteiger partial charge in [-0.25, -0.2) is 18.4 Å². The summed E-state index contributed by atoms with van der Waals surface area (Å²) >= 11 is 6.39. The minimum absolute atomic E-state index is 0.0167. The predicted octanol–water partition coefficient (Wildman–Crippen LogP) is 4.02. The average molecular weight is 585 g/mol. The van der Waals surface area contributed by atoms with Gasteiger partial charge in [-0.15, -0.1) is 0 Å². The fourth-order valence-corrected chi connectivity index (χ4v) is 5.74. The lowest BCUT2D eigenvalue weighted by Crippen LogP contribution is -2.41. The number of likely N-dealkylation sites (N-methyl/N-ethyl adjacent to an activating group) is 1. The van der Waals surface area contributed by atoms with Gasteiger partial charge in [-0.3, -0.25) is 14.4 Å². The topological polar surface area (TPSA) is 149 Å². The normalized spacial score (nSPS) is 12.2. The van der Waals surface area contributed by atoms with E-state index in [4.69, 9.17) is 26.8 Å². The van der Waals surface area contributed by atoms with Crippen LogP contribution in [-0.2, 0) is 16.4 Å². The number of nitrogens with zero attached hydrogens (tertiary/aromatic N) is 3. The first kappa shape index (κ1) is 28.9. The molecule has 1 amide bonds. The second kappa shape index (κ2) is 11.9. The number of primary amides is 1. The lowest BCUT2D eigenvalue weighted by Gasteiger charge is -2.25. The van der Waals surface area contributed by atoms with Crippen molar-refractivity contribution in [3.63, 3.8) is 0 Å². The summed E-state index contributed by atoms with van der Waals surface area (Å²) < 4.78 is 40.7. The van der Waals surface area contributed by atoms with E-state index < -0.39 is 21.3 Å². The van der Waals surface area contributed by atoms with Gasteiger partial charge in [0, 0.05) is 12.5 Å². The van der Waals surface area contributed by atoms with Gasteiger partial charge in [0.25, 0.3) is 15.9 Å². The highest BCUT2D eigenvalue weighted by Gasteiger charge is 2.30. The molecule has 210 valence electrons. The van der Waals surface area contributed by atoms with Gasteiger partial charge in [0.2, 0.25) is 0 Å². The van der Waals surface area contributed by atoms with E-state index in [-0.39, 0.29) is 23.6 Å². The monoisotopic (exact) mass is 584 g/mol. The molecule has 0 aliphatic carbocycles. The summed E-state index contributed by atoms with van der Waals surface area (Å²) in [7, 11) is 2.14. The van der Waals surface area contributed by atoms with E-state index in [0.717, 1.165) is 0 Å². The van der Waals surface area contributed by atoms with Crippen LogP contribution in [0.1, 0.15) is 15.9 Å². The molecule has 0 fully saturated rings. The van der Waals surface area contributed by atoms with Crippen LogP contribution in [0.15, 0.2) is 60.7 Å². The minimum Gasteiger partial charge on any atom is -0.497 e. The van der Waals surface area contributed by atoms with Crippen molar-refractivity contribution in [1.29, 1.82) is 0 Å². The number of halogens is 1. The van der Waals surface area contributed by atoms with Crippen LogP contribution in [0.4, 0.5) is 17.3 Å². The maximum Gasteiger partial charge on any atom is 0.252 e. The van der Waals surface area contributed by atoms with Gasteiger partial charge in [0.15, 0.2) is 11.6 Å². The number of hydrogen-bond donors (Lipinski definition) is 3. The van der Waals surface area contributed by atoms with Crippen LogP contribution >= 0.6 is 11.6 Å². The number of fused-ring (bicyclic) bond motifs is 1. The molecular formula is C27H29ClN6O5S.